The lowest BCUT2D eigenvalue weighted by Crippen LogP contribution is -2.29. The minimum atomic E-state index is -0.313. The molecule has 0 unspecified atom stereocenters. The summed E-state index contributed by atoms with van der Waals surface area (Å²) in [7, 11) is 0. The van der Waals surface area contributed by atoms with Crippen LogP contribution in [0.25, 0.3) is 10.9 Å². The maximum atomic E-state index is 12.2. The Balaban J connectivity index is 1.69. The predicted molar refractivity (Wildman–Crippen MR) is 91.4 cm³/mol. The summed E-state index contributed by atoms with van der Waals surface area (Å²) in [5.41, 5.74) is 7.28. The number of anilines is 2. The van der Waals surface area contributed by atoms with Crippen LogP contribution in [0, 0.1) is 0 Å². The highest BCUT2D eigenvalue weighted by Gasteiger charge is 2.07. The van der Waals surface area contributed by atoms with E-state index in [4.69, 9.17) is 0 Å². The second-order valence-corrected chi connectivity index (χ2v) is 5.08. The number of hydrogen-bond donors (Lipinski definition) is 3. The van der Waals surface area contributed by atoms with Gasteiger partial charge in [-0.2, -0.15) is 0 Å². The van der Waals surface area contributed by atoms with Gasteiger partial charge in [-0.1, -0.05) is 12.1 Å². The first-order chi connectivity index (χ1) is 11.6. The Morgan fingerprint density at radius 1 is 0.958 bits per heavy atom. The molecular weight excluding hydrogens is 306 g/mol. The molecule has 0 atom stereocenters. The quantitative estimate of drug-likeness (QED) is 0.641. The Bertz CT molecular complexity index is 888. The van der Waals surface area contributed by atoms with Crippen molar-refractivity contribution in [1.82, 2.24) is 15.4 Å². The maximum Gasteiger partial charge on any atom is 0.269 e. The first-order valence-corrected chi connectivity index (χ1v) is 7.27. The molecule has 24 heavy (non-hydrogen) atoms. The normalized spacial score (nSPS) is 10.2. The van der Waals surface area contributed by atoms with Crippen LogP contribution in [-0.2, 0) is 4.79 Å². The number of hydrazine groups is 1. The van der Waals surface area contributed by atoms with E-state index < -0.39 is 0 Å². The number of nitrogens with one attached hydrogen (secondary N) is 3. The zero-order valence-electron chi connectivity index (χ0n) is 12.9. The van der Waals surface area contributed by atoms with E-state index in [1.54, 1.807) is 24.3 Å². The number of benzene rings is 2. The maximum absolute atomic E-state index is 12.2. The molecule has 1 aromatic heterocycles. The molecule has 0 saturated carbocycles. The minimum absolute atomic E-state index is 0.162. The largest absolute Gasteiger partial charge is 0.326 e. The molecule has 0 radical (unpaired) electrons. The third kappa shape index (κ3) is 3.46. The lowest BCUT2D eigenvalue weighted by atomic mass is 10.2. The number of rotatable bonds is 4. The molecule has 0 fully saturated rings. The summed E-state index contributed by atoms with van der Waals surface area (Å²) in [4.78, 5) is 31.5. The van der Waals surface area contributed by atoms with Crippen molar-refractivity contribution < 1.29 is 9.59 Å². The van der Waals surface area contributed by atoms with Crippen LogP contribution in [-0.4, -0.2) is 21.8 Å². The van der Waals surface area contributed by atoms with Gasteiger partial charge in [-0.05, 0) is 36.4 Å². The number of fused-ring (bicyclic) bond motifs is 1. The van der Waals surface area contributed by atoms with Gasteiger partial charge in [-0.15, -0.1) is 0 Å². The highest BCUT2D eigenvalue weighted by Crippen LogP contribution is 2.17. The van der Waals surface area contributed by atoms with E-state index in [2.05, 4.69) is 26.1 Å². The van der Waals surface area contributed by atoms with Crippen molar-refractivity contribution in [2.75, 3.05) is 10.7 Å². The molecule has 0 aliphatic carbocycles. The summed E-state index contributed by atoms with van der Waals surface area (Å²) in [5.74, 6) is 0.0420. The van der Waals surface area contributed by atoms with Crippen LogP contribution in [0.1, 0.15) is 17.3 Å². The Morgan fingerprint density at radius 3 is 2.46 bits per heavy atom. The van der Waals surface area contributed by atoms with E-state index in [1.807, 2.05) is 24.3 Å². The molecule has 120 valence electrons. The molecule has 0 bridgehead atoms. The van der Waals surface area contributed by atoms with E-state index in [1.165, 1.54) is 13.3 Å². The molecule has 1 heterocycles. The smallest absolute Gasteiger partial charge is 0.269 e. The Hall–Kier alpha value is -3.48. The number of aromatic nitrogens is 2. The Labute approximate surface area is 138 Å². The molecule has 0 spiro atoms. The van der Waals surface area contributed by atoms with E-state index in [9.17, 15) is 9.59 Å². The fourth-order valence-electron chi connectivity index (χ4n) is 2.20. The van der Waals surface area contributed by atoms with Gasteiger partial charge in [0.2, 0.25) is 5.91 Å². The summed E-state index contributed by atoms with van der Waals surface area (Å²) >= 11 is 0. The number of hydrogen-bond acceptors (Lipinski definition) is 5. The van der Waals surface area contributed by atoms with Crippen LogP contribution in [0.3, 0.4) is 0 Å². The number of amides is 2. The van der Waals surface area contributed by atoms with Crippen LogP contribution in [0.2, 0.25) is 0 Å². The number of carbonyl (C=O) groups excluding carboxylic acids is 2. The summed E-state index contributed by atoms with van der Waals surface area (Å²) in [5, 5.41) is 3.45. The highest BCUT2D eigenvalue weighted by atomic mass is 16.2. The fraction of sp³-hybridized carbons (Fsp3) is 0.0588. The molecule has 2 aromatic carbocycles. The summed E-state index contributed by atoms with van der Waals surface area (Å²) in [6, 6.07) is 14.1. The Kier molecular flexibility index (Phi) is 4.33. The van der Waals surface area contributed by atoms with Crippen molar-refractivity contribution >= 4 is 34.2 Å². The van der Waals surface area contributed by atoms with Crippen molar-refractivity contribution in [1.29, 1.82) is 0 Å². The number of carbonyl (C=O) groups is 2. The van der Waals surface area contributed by atoms with E-state index in [-0.39, 0.29) is 11.8 Å². The molecule has 2 amide bonds. The summed E-state index contributed by atoms with van der Waals surface area (Å²) in [6.45, 7) is 1.43. The van der Waals surface area contributed by atoms with Gasteiger partial charge in [0.05, 0.1) is 5.52 Å². The molecule has 7 nitrogen and oxygen atoms in total. The number of para-hydroxylation sites is 1. The van der Waals surface area contributed by atoms with Gasteiger partial charge in [-0.25, -0.2) is 9.97 Å². The van der Waals surface area contributed by atoms with Crippen LogP contribution in [0.15, 0.2) is 54.9 Å². The summed E-state index contributed by atoms with van der Waals surface area (Å²) < 4.78 is 0. The van der Waals surface area contributed by atoms with E-state index in [0.29, 0.717) is 17.1 Å². The van der Waals surface area contributed by atoms with Gasteiger partial charge in [0.15, 0.2) is 5.82 Å². The Morgan fingerprint density at radius 2 is 1.71 bits per heavy atom. The third-order valence-corrected chi connectivity index (χ3v) is 3.30. The van der Waals surface area contributed by atoms with Crippen molar-refractivity contribution in [3.63, 3.8) is 0 Å². The fourth-order valence-corrected chi connectivity index (χ4v) is 2.20. The van der Waals surface area contributed by atoms with Crippen molar-refractivity contribution in [3.8, 4) is 0 Å². The van der Waals surface area contributed by atoms with Crippen molar-refractivity contribution in [2.24, 2.45) is 0 Å². The third-order valence-electron chi connectivity index (χ3n) is 3.30. The first kappa shape index (κ1) is 15.4. The molecule has 3 aromatic rings. The molecule has 3 N–H and O–H groups in total. The van der Waals surface area contributed by atoms with Crippen molar-refractivity contribution in [3.05, 3.63) is 60.4 Å². The van der Waals surface area contributed by atoms with Crippen molar-refractivity contribution in [2.45, 2.75) is 6.92 Å². The van der Waals surface area contributed by atoms with Crippen LogP contribution >= 0.6 is 0 Å². The van der Waals surface area contributed by atoms with Gasteiger partial charge in [0.1, 0.15) is 6.33 Å². The zero-order chi connectivity index (χ0) is 16.9. The molecular formula is C17H15N5O2. The summed E-state index contributed by atoms with van der Waals surface area (Å²) in [6.07, 6.45) is 1.43. The second-order valence-electron chi connectivity index (χ2n) is 5.08. The first-order valence-electron chi connectivity index (χ1n) is 7.27. The zero-order valence-corrected chi connectivity index (χ0v) is 12.9. The van der Waals surface area contributed by atoms with Gasteiger partial charge in [-0.3, -0.25) is 20.4 Å². The number of nitrogens with zero attached hydrogens (tertiary/aromatic N) is 2. The standard InChI is InChI=1S/C17H15N5O2/c1-11(23)20-13-8-6-12(7-9-13)17(24)22-21-16-14-4-2-3-5-15(14)18-10-19-16/h2-10H,1H3,(H,20,23)(H,22,24)(H,18,19,21). The van der Waals surface area contributed by atoms with E-state index >= 15 is 0 Å². The van der Waals surface area contributed by atoms with E-state index in [0.717, 1.165) is 10.9 Å². The SMILES string of the molecule is CC(=O)Nc1ccc(C(=O)NNc2ncnc3ccccc23)cc1. The minimum Gasteiger partial charge on any atom is -0.326 e. The monoisotopic (exact) mass is 321 g/mol. The van der Waals surface area contributed by atoms with Gasteiger partial charge < -0.3 is 5.32 Å². The molecule has 7 heteroatoms. The molecule has 0 aliphatic rings. The lowest BCUT2D eigenvalue weighted by Gasteiger charge is -2.10. The molecule has 0 saturated heterocycles. The van der Waals surface area contributed by atoms with Crippen LogP contribution < -0.4 is 16.2 Å². The average molecular weight is 321 g/mol. The molecule has 3 rings (SSSR count). The predicted octanol–water partition coefficient (Wildman–Crippen LogP) is 2.35. The topological polar surface area (TPSA) is 96.0 Å². The molecule has 0 aliphatic heterocycles. The van der Waals surface area contributed by atoms with Gasteiger partial charge in [0, 0.05) is 23.6 Å². The van der Waals surface area contributed by atoms with Gasteiger partial charge >= 0.3 is 0 Å². The van der Waals surface area contributed by atoms with Gasteiger partial charge in [0.25, 0.3) is 5.91 Å². The van der Waals surface area contributed by atoms with Crippen LogP contribution in [0.5, 0.6) is 0 Å². The highest BCUT2D eigenvalue weighted by molar-refractivity contribution is 5.97. The van der Waals surface area contributed by atoms with Crippen LogP contribution in [0.4, 0.5) is 11.5 Å². The lowest BCUT2D eigenvalue weighted by molar-refractivity contribution is -0.114. The second kappa shape index (κ2) is 6.74. The average Bonchev–Trinajstić information content (AvgIpc) is 2.59.